The number of nitrogens with one attached hydrogen (secondary N) is 1. The molecule has 0 radical (unpaired) electrons. The van der Waals surface area contributed by atoms with E-state index in [1.807, 2.05) is 0 Å². The van der Waals surface area contributed by atoms with E-state index in [2.05, 4.69) is 23.5 Å². The molecule has 0 spiro atoms. The van der Waals surface area contributed by atoms with Gasteiger partial charge in [0.25, 0.3) is 0 Å². The first-order valence-corrected chi connectivity index (χ1v) is 8.35. The van der Waals surface area contributed by atoms with Crippen molar-refractivity contribution in [1.82, 2.24) is 5.32 Å². The van der Waals surface area contributed by atoms with Gasteiger partial charge in [0.2, 0.25) is 0 Å². The Kier molecular flexibility index (Phi) is 5.10. The van der Waals surface area contributed by atoms with Gasteiger partial charge in [-0.25, -0.2) is 0 Å². The monoisotopic (exact) mass is 273 g/mol. The fourth-order valence-electron chi connectivity index (χ4n) is 3.50. The van der Waals surface area contributed by atoms with E-state index in [0.717, 1.165) is 19.7 Å². The Morgan fingerprint density at radius 1 is 1.00 bits per heavy atom. The zero-order valence-corrected chi connectivity index (χ0v) is 12.5. The van der Waals surface area contributed by atoms with E-state index >= 15 is 0 Å². The van der Waals surface area contributed by atoms with Crippen LogP contribution in [0.4, 0.5) is 0 Å². The van der Waals surface area contributed by atoms with Crippen LogP contribution in [0.2, 0.25) is 0 Å². The molecule has 20 heavy (non-hydrogen) atoms. The highest BCUT2D eigenvalue weighted by Gasteiger charge is 2.13. The molecule has 2 aliphatic rings. The predicted octanol–water partition coefficient (Wildman–Crippen LogP) is 3.61. The fraction of sp³-hybridized carbons (Fsp3) is 0.667. The van der Waals surface area contributed by atoms with Crippen molar-refractivity contribution in [3.63, 3.8) is 0 Å². The molecule has 2 aliphatic carbocycles. The molecule has 0 aliphatic heterocycles. The minimum absolute atomic E-state index is 0.533. The van der Waals surface area contributed by atoms with E-state index in [1.165, 1.54) is 56.9 Å². The van der Waals surface area contributed by atoms with Crippen LogP contribution in [0.5, 0.6) is 0 Å². The van der Waals surface area contributed by atoms with E-state index in [9.17, 15) is 0 Å². The molecule has 1 fully saturated rings. The van der Waals surface area contributed by atoms with Crippen LogP contribution in [0.25, 0.3) is 0 Å². The van der Waals surface area contributed by atoms with Gasteiger partial charge in [0, 0.05) is 13.1 Å². The first-order valence-electron chi connectivity index (χ1n) is 8.35. The van der Waals surface area contributed by atoms with Crippen molar-refractivity contribution < 1.29 is 4.74 Å². The van der Waals surface area contributed by atoms with Gasteiger partial charge in [0.15, 0.2) is 0 Å². The lowest BCUT2D eigenvalue weighted by Gasteiger charge is -2.22. The molecular weight excluding hydrogens is 246 g/mol. The summed E-state index contributed by atoms with van der Waals surface area (Å²) in [4.78, 5) is 0. The second-order valence-electron chi connectivity index (χ2n) is 6.26. The van der Waals surface area contributed by atoms with Crippen LogP contribution >= 0.6 is 0 Å². The predicted molar refractivity (Wildman–Crippen MR) is 83.0 cm³/mol. The van der Waals surface area contributed by atoms with Gasteiger partial charge in [-0.1, -0.05) is 37.5 Å². The van der Waals surface area contributed by atoms with Gasteiger partial charge in [0.1, 0.15) is 0 Å². The molecule has 0 saturated heterocycles. The van der Waals surface area contributed by atoms with Crippen LogP contribution in [-0.2, 0) is 24.1 Å². The van der Waals surface area contributed by atoms with Gasteiger partial charge < -0.3 is 10.1 Å². The van der Waals surface area contributed by atoms with Gasteiger partial charge in [-0.05, 0) is 48.8 Å². The minimum Gasteiger partial charge on any atom is -0.377 e. The largest absolute Gasteiger partial charge is 0.377 e. The standard InChI is InChI=1S/C18H27NO/c1-2-7-18(8-3-1)20-12-11-19-14-15-9-10-16-5-4-6-17(16)13-15/h9-10,13,18-19H,1-8,11-12,14H2. The first-order chi connectivity index (χ1) is 9.92. The molecule has 0 aromatic heterocycles. The van der Waals surface area contributed by atoms with Gasteiger partial charge >= 0.3 is 0 Å². The highest BCUT2D eigenvalue weighted by Crippen LogP contribution is 2.22. The van der Waals surface area contributed by atoms with Crippen molar-refractivity contribution in [1.29, 1.82) is 0 Å². The summed E-state index contributed by atoms with van der Waals surface area (Å²) < 4.78 is 5.93. The first kappa shape index (κ1) is 14.1. The third-order valence-electron chi connectivity index (χ3n) is 4.68. The molecule has 1 saturated carbocycles. The summed E-state index contributed by atoms with van der Waals surface area (Å²) in [7, 11) is 0. The summed E-state index contributed by atoms with van der Waals surface area (Å²) in [5.74, 6) is 0. The zero-order chi connectivity index (χ0) is 13.6. The Balaban J connectivity index is 1.33. The number of hydrogen-bond donors (Lipinski definition) is 1. The summed E-state index contributed by atoms with van der Waals surface area (Å²) in [5, 5.41) is 3.51. The highest BCUT2D eigenvalue weighted by molar-refractivity contribution is 5.35. The number of hydrogen-bond acceptors (Lipinski definition) is 2. The average molecular weight is 273 g/mol. The third-order valence-corrected chi connectivity index (χ3v) is 4.68. The molecule has 0 amide bonds. The van der Waals surface area contributed by atoms with Crippen LogP contribution in [0, 0.1) is 0 Å². The van der Waals surface area contributed by atoms with Crippen molar-refractivity contribution in [2.75, 3.05) is 13.2 Å². The topological polar surface area (TPSA) is 21.3 Å². The number of aryl methyl sites for hydroxylation is 2. The maximum Gasteiger partial charge on any atom is 0.0594 e. The van der Waals surface area contributed by atoms with Crippen molar-refractivity contribution >= 4 is 0 Å². The Morgan fingerprint density at radius 3 is 2.75 bits per heavy atom. The van der Waals surface area contributed by atoms with E-state index < -0.39 is 0 Å². The molecule has 0 unspecified atom stereocenters. The molecule has 1 aromatic rings. The quantitative estimate of drug-likeness (QED) is 0.799. The molecule has 2 heteroatoms. The second-order valence-corrected chi connectivity index (χ2v) is 6.26. The summed E-state index contributed by atoms with van der Waals surface area (Å²) in [5.41, 5.74) is 4.56. The smallest absolute Gasteiger partial charge is 0.0594 e. The number of benzene rings is 1. The molecule has 2 nitrogen and oxygen atoms in total. The van der Waals surface area contributed by atoms with Crippen LogP contribution in [0.1, 0.15) is 55.2 Å². The molecule has 1 N–H and O–H groups in total. The van der Waals surface area contributed by atoms with Crippen LogP contribution < -0.4 is 5.32 Å². The molecule has 3 rings (SSSR count). The fourth-order valence-corrected chi connectivity index (χ4v) is 3.50. The van der Waals surface area contributed by atoms with E-state index in [1.54, 1.807) is 11.1 Å². The van der Waals surface area contributed by atoms with Crippen molar-refractivity contribution in [2.24, 2.45) is 0 Å². The normalized spacial score (nSPS) is 19.2. The lowest BCUT2D eigenvalue weighted by atomic mass is 9.98. The van der Waals surface area contributed by atoms with E-state index in [-0.39, 0.29) is 0 Å². The molecular formula is C18H27NO. The van der Waals surface area contributed by atoms with Crippen LogP contribution in [0.15, 0.2) is 18.2 Å². The summed E-state index contributed by atoms with van der Waals surface area (Å²) in [6.07, 6.45) is 11.1. The number of fused-ring (bicyclic) bond motifs is 1. The van der Waals surface area contributed by atoms with Gasteiger partial charge in [-0.3, -0.25) is 0 Å². The second kappa shape index (κ2) is 7.24. The zero-order valence-electron chi connectivity index (χ0n) is 12.5. The summed E-state index contributed by atoms with van der Waals surface area (Å²) in [6.45, 7) is 2.80. The third kappa shape index (κ3) is 3.83. The van der Waals surface area contributed by atoms with Gasteiger partial charge in [-0.15, -0.1) is 0 Å². The minimum atomic E-state index is 0.533. The maximum atomic E-state index is 5.93. The molecule has 0 atom stereocenters. The summed E-state index contributed by atoms with van der Waals surface area (Å²) >= 11 is 0. The SMILES string of the molecule is c1cc2c(cc1CNCCOC1CCCCC1)CCC2. The van der Waals surface area contributed by atoms with E-state index in [0.29, 0.717) is 6.10 Å². The van der Waals surface area contributed by atoms with Crippen molar-refractivity contribution in [3.8, 4) is 0 Å². The Morgan fingerprint density at radius 2 is 1.85 bits per heavy atom. The average Bonchev–Trinajstić information content (AvgIpc) is 2.95. The Hall–Kier alpha value is -0.860. The van der Waals surface area contributed by atoms with Crippen molar-refractivity contribution in [3.05, 3.63) is 34.9 Å². The van der Waals surface area contributed by atoms with Crippen molar-refractivity contribution in [2.45, 2.75) is 64.0 Å². The molecule has 110 valence electrons. The van der Waals surface area contributed by atoms with Crippen LogP contribution in [0.3, 0.4) is 0 Å². The number of rotatable bonds is 6. The lowest BCUT2D eigenvalue weighted by Crippen LogP contribution is -2.24. The highest BCUT2D eigenvalue weighted by atomic mass is 16.5. The number of ether oxygens (including phenoxy) is 1. The van der Waals surface area contributed by atoms with Gasteiger partial charge in [-0.2, -0.15) is 0 Å². The Labute approximate surface area is 122 Å². The maximum absolute atomic E-state index is 5.93. The summed E-state index contributed by atoms with van der Waals surface area (Å²) in [6, 6.07) is 6.98. The Bertz CT molecular complexity index is 423. The molecule has 0 bridgehead atoms. The van der Waals surface area contributed by atoms with E-state index in [4.69, 9.17) is 4.74 Å². The van der Waals surface area contributed by atoms with Crippen LogP contribution in [-0.4, -0.2) is 19.3 Å². The molecule has 0 heterocycles. The molecule has 1 aromatic carbocycles. The lowest BCUT2D eigenvalue weighted by molar-refractivity contribution is 0.0302. The van der Waals surface area contributed by atoms with Gasteiger partial charge in [0.05, 0.1) is 12.7 Å².